The van der Waals surface area contributed by atoms with Crippen LogP contribution in [0.3, 0.4) is 0 Å². The van der Waals surface area contributed by atoms with Gasteiger partial charge in [0.05, 0.1) is 16.8 Å². The van der Waals surface area contributed by atoms with E-state index in [0.29, 0.717) is 38.9 Å². The van der Waals surface area contributed by atoms with Crippen molar-refractivity contribution in [2.24, 2.45) is 0 Å². The van der Waals surface area contributed by atoms with Crippen LogP contribution >= 0.6 is 0 Å². The molecule has 6 nitrogen and oxygen atoms in total. The number of allylic oxidation sites excluding steroid dienone is 1. The highest BCUT2D eigenvalue weighted by Crippen LogP contribution is 2.37. The molecule has 0 aliphatic heterocycles. The number of rotatable bonds is 3. The summed E-state index contributed by atoms with van der Waals surface area (Å²) in [4.78, 5) is 41.4. The number of Topliss-reactive ketones (excluding diaryl/α,β-unsaturated/α-hetero) is 1. The van der Waals surface area contributed by atoms with Gasteiger partial charge in [0.1, 0.15) is 11.3 Å². The maximum atomic E-state index is 13.1. The molecule has 1 aliphatic rings. The summed E-state index contributed by atoms with van der Waals surface area (Å²) in [6.45, 7) is 0. The van der Waals surface area contributed by atoms with Crippen LogP contribution in [0, 0.1) is 0 Å². The number of para-hydroxylation sites is 1. The summed E-state index contributed by atoms with van der Waals surface area (Å²) in [5, 5.41) is 13.7. The van der Waals surface area contributed by atoms with Gasteiger partial charge in [-0.1, -0.05) is 66.7 Å². The van der Waals surface area contributed by atoms with E-state index >= 15 is 0 Å². The van der Waals surface area contributed by atoms with Crippen LogP contribution in [0.15, 0.2) is 83.7 Å². The number of aromatic hydroxyl groups is 1. The first kappa shape index (κ1) is 18.6. The molecule has 1 heterocycles. The number of aromatic nitrogens is 1. The highest BCUT2D eigenvalue weighted by atomic mass is 16.3. The van der Waals surface area contributed by atoms with E-state index in [1.54, 1.807) is 72.8 Å². The maximum Gasteiger partial charge on any atom is 0.265 e. The van der Waals surface area contributed by atoms with Crippen LogP contribution in [0.4, 0.5) is 0 Å². The molecular weight excluding hydrogens is 392 g/mol. The van der Waals surface area contributed by atoms with Crippen molar-refractivity contribution in [1.82, 2.24) is 10.3 Å². The molecule has 150 valence electrons. The topological polar surface area (TPSA) is 99.3 Å². The van der Waals surface area contributed by atoms with Crippen LogP contribution < -0.4 is 10.9 Å². The van der Waals surface area contributed by atoms with Crippen molar-refractivity contribution < 1.29 is 14.7 Å². The highest BCUT2D eigenvalue weighted by molar-refractivity contribution is 6.40. The number of benzene rings is 3. The number of H-pyrrole nitrogens is 1. The Hall–Kier alpha value is -4.45. The standard InChI is InChI=1S/C25H16N2O4/c28-22-16-11-5-4-10-15(16)21(19(22)14-8-2-1-3-9-14)27-25(31)20-23(29)17-12-6-7-13-18(17)26-24(20)30/h1-13H,(H,27,31)(H2,26,29,30). The summed E-state index contributed by atoms with van der Waals surface area (Å²) in [5.74, 6) is -1.41. The van der Waals surface area contributed by atoms with E-state index in [4.69, 9.17) is 0 Å². The van der Waals surface area contributed by atoms with Crippen LogP contribution in [-0.4, -0.2) is 21.8 Å². The van der Waals surface area contributed by atoms with Gasteiger partial charge in [0.2, 0.25) is 0 Å². The minimum Gasteiger partial charge on any atom is -0.506 e. The summed E-state index contributed by atoms with van der Waals surface area (Å²) in [7, 11) is 0. The molecule has 0 unspecified atom stereocenters. The van der Waals surface area contributed by atoms with Crippen molar-refractivity contribution in [3.63, 3.8) is 0 Å². The molecule has 1 aliphatic carbocycles. The molecule has 1 amide bonds. The third kappa shape index (κ3) is 2.93. The molecule has 0 radical (unpaired) electrons. The number of carbonyl (C=O) groups excluding carboxylic acids is 2. The average Bonchev–Trinajstić information content (AvgIpc) is 3.06. The lowest BCUT2D eigenvalue weighted by Crippen LogP contribution is -2.29. The van der Waals surface area contributed by atoms with Crippen LogP contribution in [0.1, 0.15) is 31.8 Å². The number of amides is 1. The summed E-state index contributed by atoms with van der Waals surface area (Å²) < 4.78 is 0. The summed E-state index contributed by atoms with van der Waals surface area (Å²) in [5.41, 5.74) is 1.63. The van der Waals surface area contributed by atoms with Gasteiger partial charge in [-0.05, 0) is 17.7 Å². The van der Waals surface area contributed by atoms with E-state index in [2.05, 4.69) is 10.3 Å². The lowest BCUT2D eigenvalue weighted by atomic mass is 10.0. The molecule has 6 heteroatoms. The molecule has 3 aromatic carbocycles. The zero-order chi connectivity index (χ0) is 21.5. The number of fused-ring (bicyclic) bond motifs is 2. The van der Waals surface area contributed by atoms with E-state index in [9.17, 15) is 19.5 Å². The number of hydrogen-bond acceptors (Lipinski definition) is 4. The largest absolute Gasteiger partial charge is 0.506 e. The molecule has 3 N–H and O–H groups in total. The summed E-state index contributed by atoms with van der Waals surface area (Å²) in [6, 6.07) is 22.6. The van der Waals surface area contributed by atoms with E-state index in [0.717, 1.165) is 0 Å². The normalized spacial score (nSPS) is 12.8. The van der Waals surface area contributed by atoms with Crippen molar-refractivity contribution in [2.45, 2.75) is 0 Å². The lowest BCUT2D eigenvalue weighted by Gasteiger charge is -2.12. The molecule has 4 aromatic rings. The second-order valence-corrected chi connectivity index (χ2v) is 7.17. The Kier molecular flexibility index (Phi) is 4.26. The molecule has 0 atom stereocenters. The monoisotopic (exact) mass is 408 g/mol. The fraction of sp³-hybridized carbons (Fsp3) is 0. The van der Waals surface area contributed by atoms with Gasteiger partial charge >= 0.3 is 0 Å². The second kappa shape index (κ2) is 7.11. The molecule has 31 heavy (non-hydrogen) atoms. The molecule has 0 bridgehead atoms. The predicted molar refractivity (Wildman–Crippen MR) is 118 cm³/mol. The van der Waals surface area contributed by atoms with Crippen LogP contribution in [0.5, 0.6) is 5.75 Å². The highest BCUT2D eigenvalue weighted by Gasteiger charge is 2.32. The van der Waals surface area contributed by atoms with Crippen LogP contribution in [0.25, 0.3) is 22.2 Å². The van der Waals surface area contributed by atoms with Crippen molar-refractivity contribution in [3.05, 3.63) is 111 Å². The predicted octanol–water partition coefficient (Wildman–Crippen LogP) is 3.73. The lowest BCUT2D eigenvalue weighted by molar-refractivity contribution is 0.0970. The van der Waals surface area contributed by atoms with Crippen molar-refractivity contribution >= 4 is 33.9 Å². The number of ketones is 1. The van der Waals surface area contributed by atoms with Crippen molar-refractivity contribution in [3.8, 4) is 5.75 Å². The molecular formula is C25H16N2O4. The SMILES string of the molecule is O=C1C(c2ccccc2)=C(NC(=O)c2c(O)c3ccccc3[nH]c2=O)c2ccccc21. The minimum absolute atomic E-state index is 0.214. The Morgan fingerprint density at radius 1 is 0.806 bits per heavy atom. The molecule has 0 saturated carbocycles. The summed E-state index contributed by atoms with van der Waals surface area (Å²) in [6.07, 6.45) is 0. The number of carbonyl (C=O) groups is 2. The van der Waals surface area contributed by atoms with Crippen LogP contribution in [0.2, 0.25) is 0 Å². The van der Waals surface area contributed by atoms with Gasteiger partial charge in [0.15, 0.2) is 5.78 Å². The number of hydrogen-bond donors (Lipinski definition) is 3. The van der Waals surface area contributed by atoms with Gasteiger partial charge < -0.3 is 15.4 Å². The van der Waals surface area contributed by atoms with Crippen LogP contribution in [-0.2, 0) is 0 Å². The number of pyridine rings is 1. The zero-order valence-corrected chi connectivity index (χ0v) is 16.2. The van der Waals surface area contributed by atoms with Gasteiger partial charge in [0.25, 0.3) is 11.5 Å². The quantitative estimate of drug-likeness (QED) is 0.481. The van der Waals surface area contributed by atoms with Crippen molar-refractivity contribution in [1.29, 1.82) is 0 Å². The van der Waals surface area contributed by atoms with Gasteiger partial charge in [-0.25, -0.2) is 0 Å². The Morgan fingerprint density at radius 3 is 2.23 bits per heavy atom. The fourth-order valence-corrected chi connectivity index (χ4v) is 3.90. The van der Waals surface area contributed by atoms with Gasteiger partial charge in [-0.3, -0.25) is 14.4 Å². The zero-order valence-electron chi connectivity index (χ0n) is 16.2. The third-order valence-electron chi connectivity index (χ3n) is 5.34. The Balaban J connectivity index is 1.66. The first-order valence-electron chi connectivity index (χ1n) is 9.65. The number of nitrogens with one attached hydrogen (secondary N) is 2. The van der Waals surface area contributed by atoms with Gasteiger partial charge in [0, 0.05) is 16.5 Å². The Morgan fingerprint density at radius 2 is 1.45 bits per heavy atom. The minimum atomic E-state index is -0.794. The molecule has 0 saturated heterocycles. The number of aromatic amines is 1. The fourth-order valence-electron chi connectivity index (χ4n) is 3.90. The average molecular weight is 408 g/mol. The molecule has 0 spiro atoms. The first-order valence-corrected chi connectivity index (χ1v) is 9.65. The van der Waals surface area contributed by atoms with Crippen molar-refractivity contribution in [2.75, 3.05) is 0 Å². The molecule has 5 rings (SSSR count). The Labute approximate surface area is 176 Å². The van der Waals surface area contributed by atoms with E-state index in [1.807, 2.05) is 6.07 Å². The molecule has 1 aromatic heterocycles. The maximum absolute atomic E-state index is 13.1. The van der Waals surface area contributed by atoms with E-state index in [1.165, 1.54) is 0 Å². The van der Waals surface area contributed by atoms with Gasteiger partial charge in [-0.2, -0.15) is 0 Å². The second-order valence-electron chi connectivity index (χ2n) is 7.17. The Bertz CT molecular complexity index is 1470. The first-order chi connectivity index (χ1) is 15.1. The smallest absolute Gasteiger partial charge is 0.265 e. The van der Waals surface area contributed by atoms with E-state index in [-0.39, 0.29) is 5.78 Å². The van der Waals surface area contributed by atoms with Gasteiger partial charge in [-0.15, -0.1) is 0 Å². The molecule has 0 fully saturated rings. The third-order valence-corrected chi connectivity index (χ3v) is 5.34. The van der Waals surface area contributed by atoms with E-state index < -0.39 is 22.8 Å². The summed E-state index contributed by atoms with van der Waals surface area (Å²) >= 11 is 0.